The smallest absolute Gasteiger partial charge is 0.0472 e. The van der Waals surface area contributed by atoms with Gasteiger partial charge in [-0.25, -0.2) is 0 Å². The van der Waals surface area contributed by atoms with Gasteiger partial charge in [-0.3, -0.25) is 4.90 Å². The van der Waals surface area contributed by atoms with Gasteiger partial charge >= 0.3 is 0 Å². The highest BCUT2D eigenvalue weighted by Crippen LogP contribution is 2.43. The van der Waals surface area contributed by atoms with Crippen LogP contribution in [-0.4, -0.2) is 37.2 Å². The summed E-state index contributed by atoms with van der Waals surface area (Å²) in [6.07, 6.45) is 8.44. The lowest BCUT2D eigenvalue weighted by atomic mass is 9.71. The fourth-order valence-corrected chi connectivity index (χ4v) is 3.80. The van der Waals surface area contributed by atoms with Crippen LogP contribution in [0.4, 0.5) is 0 Å². The minimum atomic E-state index is 0.668. The third kappa shape index (κ3) is 2.02. The summed E-state index contributed by atoms with van der Waals surface area (Å²) >= 11 is 0. The zero-order valence-electron chi connectivity index (χ0n) is 10.6. The van der Waals surface area contributed by atoms with Crippen LogP contribution in [0, 0.1) is 11.3 Å². The first-order valence-electron chi connectivity index (χ1n) is 7.09. The Balaban J connectivity index is 1.49. The lowest BCUT2D eigenvalue weighted by Crippen LogP contribution is -2.61. The van der Waals surface area contributed by atoms with Gasteiger partial charge in [-0.1, -0.05) is 6.92 Å². The predicted molar refractivity (Wildman–Crippen MR) is 65.5 cm³/mol. The van der Waals surface area contributed by atoms with Crippen molar-refractivity contribution in [3.05, 3.63) is 0 Å². The monoisotopic (exact) mass is 223 g/mol. The summed E-state index contributed by atoms with van der Waals surface area (Å²) in [7, 11) is 0. The van der Waals surface area contributed by atoms with E-state index in [2.05, 4.69) is 11.8 Å². The van der Waals surface area contributed by atoms with Crippen LogP contribution in [0.5, 0.6) is 0 Å². The van der Waals surface area contributed by atoms with Gasteiger partial charge in [0.25, 0.3) is 0 Å². The number of hydrogen-bond donors (Lipinski definition) is 0. The van der Waals surface area contributed by atoms with Crippen molar-refractivity contribution < 1.29 is 4.74 Å². The molecule has 0 aromatic carbocycles. The summed E-state index contributed by atoms with van der Waals surface area (Å²) in [5.74, 6) is 0.981. The first-order valence-corrected chi connectivity index (χ1v) is 7.09. The summed E-state index contributed by atoms with van der Waals surface area (Å²) in [6, 6.07) is 0.921. The largest absolute Gasteiger partial charge is 0.381 e. The van der Waals surface area contributed by atoms with E-state index in [1.807, 2.05) is 0 Å². The van der Waals surface area contributed by atoms with E-state index < -0.39 is 0 Å². The maximum Gasteiger partial charge on any atom is 0.0472 e. The van der Waals surface area contributed by atoms with Gasteiger partial charge in [0, 0.05) is 37.8 Å². The normalized spacial score (nSPS) is 39.6. The van der Waals surface area contributed by atoms with E-state index in [-0.39, 0.29) is 0 Å². The average molecular weight is 223 g/mol. The van der Waals surface area contributed by atoms with Crippen molar-refractivity contribution in [3.63, 3.8) is 0 Å². The minimum Gasteiger partial charge on any atom is -0.381 e. The number of hydrogen-bond acceptors (Lipinski definition) is 2. The van der Waals surface area contributed by atoms with E-state index in [1.165, 1.54) is 51.6 Å². The first kappa shape index (κ1) is 11.0. The molecule has 0 atom stereocenters. The van der Waals surface area contributed by atoms with Crippen molar-refractivity contribution in [2.75, 3.05) is 26.3 Å². The molecule has 3 rings (SSSR count). The van der Waals surface area contributed by atoms with E-state index in [9.17, 15) is 0 Å². The Morgan fingerprint density at radius 2 is 1.62 bits per heavy atom. The standard InChI is InChI=1S/C14H25NO/c1-12-2-4-13(5-3-12)15-10-14(11-15)6-8-16-9-7-14/h12-13H,2-11H2,1H3. The molecule has 0 bridgehead atoms. The van der Waals surface area contributed by atoms with Gasteiger partial charge in [0.1, 0.15) is 0 Å². The van der Waals surface area contributed by atoms with Crippen LogP contribution < -0.4 is 0 Å². The molecule has 1 spiro atoms. The molecular weight excluding hydrogens is 198 g/mol. The van der Waals surface area contributed by atoms with Gasteiger partial charge in [0.2, 0.25) is 0 Å². The highest BCUT2D eigenvalue weighted by molar-refractivity contribution is 4.99. The number of likely N-dealkylation sites (tertiary alicyclic amines) is 1. The van der Waals surface area contributed by atoms with Crippen LogP contribution in [0.3, 0.4) is 0 Å². The van der Waals surface area contributed by atoms with Crippen molar-refractivity contribution in [2.24, 2.45) is 11.3 Å². The molecule has 1 saturated carbocycles. The highest BCUT2D eigenvalue weighted by Gasteiger charge is 2.46. The molecule has 2 saturated heterocycles. The molecule has 2 heterocycles. The van der Waals surface area contributed by atoms with Gasteiger partial charge in [-0.2, -0.15) is 0 Å². The number of ether oxygens (including phenoxy) is 1. The van der Waals surface area contributed by atoms with Crippen molar-refractivity contribution >= 4 is 0 Å². The quantitative estimate of drug-likeness (QED) is 0.677. The fraction of sp³-hybridized carbons (Fsp3) is 1.00. The Kier molecular flexibility index (Phi) is 2.97. The summed E-state index contributed by atoms with van der Waals surface area (Å²) in [5.41, 5.74) is 0.668. The maximum atomic E-state index is 5.48. The molecule has 16 heavy (non-hydrogen) atoms. The number of nitrogens with zero attached hydrogens (tertiary/aromatic N) is 1. The van der Waals surface area contributed by atoms with E-state index >= 15 is 0 Å². The Bertz CT molecular complexity index is 231. The van der Waals surface area contributed by atoms with Gasteiger partial charge in [0.05, 0.1) is 0 Å². The second-order valence-electron chi connectivity index (χ2n) is 6.43. The third-order valence-corrected chi connectivity index (χ3v) is 5.13. The van der Waals surface area contributed by atoms with Gasteiger partial charge < -0.3 is 4.74 Å². The molecule has 0 amide bonds. The van der Waals surface area contributed by atoms with Crippen LogP contribution in [0.2, 0.25) is 0 Å². The summed E-state index contributed by atoms with van der Waals surface area (Å²) in [6.45, 7) is 7.17. The SMILES string of the molecule is CC1CCC(N2CC3(CCOCC3)C2)CC1. The Labute approximate surface area is 99.3 Å². The Hall–Kier alpha value is -0.0800. The summed E-state index contributed by atoms with van der Waals surface area (Å²) in [4.78, 5) is 2.76. The summed E-state index contributed by atoms with van der Waals surface area (Å²) < 4.78 is 5.48. The average Bonchev–Trinajstić information content (AvgIpc) is 2.28. The zero-order valence-corrected chi connectivity index (χ0v) is 10.6. The van der Waals surface area contributed by atoms with Crippen molar-refractivity contribution in [2.45, 2.75) is 51.5 Å². The topological polar surface area (TPSA) is 12.5 Å². The second-order valence-corrected chi connectivity index (χ2v) is 6.43. The van der Waals surface area contributed by atoms with E-state index in [1.54, 1.807) is 0 Å². The molecule has 2 nitrogen and oxygen atoms in total. The minimum absolute atomic E-state index is 0.668. The van der Waals surface area contributed by atoms with Gasteiger partial charge in [-0.05, 0) is 44.4 Å². The molecule has 0 unspecified atom stereocenters. The van der Waals surface area contributed by atoms with Crippen molar-refractivity contribution in [3.8, 4) is 0 Å². The zero-order chi connectivity index (χ0) is 11.0. The molecule has 0 radical (unpaired) electrons. The van der Waals surface area contributed by atoms with Gasteiger partial charge in [-0.15, -0.1) is 0 Å². The molecule has 3 aliphatic rings. The van der Waals surface area contributed by atoms with Crippen LogP contribution in [0.1, 0.15) is 45.4 Å². The molecule has 2 heteroatoms. The lowest BCUT2D eigenvalue weighted by Gasteiger charge is -2.56. The Morgan fingerprint density at radius 1 is 1.00 bits per heavy atom. The first-order chi connectivity index (χ1) is 7.77. The fourth-order valence-electron chi connectivity index (χ4n) is 3.80. The molecule has 2 aliphatic heterocycles. The molecule has 1 aliphatic carbocycles. The van der Waals surface area contributed by atoms with Crippen LogP contribution in [0.15, 0.2) is 0 Å². The molecule has 0 N–H and O–H groups in total. The Morgan fingerprint density at radius 3 is 2.25 bits per heavy atom. The van der Waals surface area contributed by atoms with Crippen LogP contribution in [0.25, 0.3) is 0 Å². The molecule has 0 aromatic rings. The van der Waals surface area contributed by atoms with Gasteiger partial charge in [0.15, 0.2) is 0 Å². The molecule has 92 valence electrons. The van der Waals surface area contributed by atoms with E-state index in [0.29, 0.717) is 5.41 Å². The summed E-state index contributed by atoms with van der Waals surface area (Å²) in [5, 5.41) is 0. The van der Waals surface area contributed by atoms with E-state index in [0.717, 1.165) is 25.2 Å². The third-order valence-electron chi connectivity index (χ3n) is 5.13. The van der Waals surface area contributed by atoms with E-state index in [4.69, 9.17) is 4.74 Å². The van der Waals surface area contributed by atoms with Crippen molar-refractivity contribution in [1.82, 2.24) is 4.90 Å². The molecular formula is C14H25NO. The van der Waals surface area contributed by atoms with Crippen LogP contribution >= 0.6 is 0 Å². The highest BCUT2D eigenvalue weighted by atomic mass is 16.5. The molecule has 3 fully saturated rings. The van der Waals surface area contributed by atoms with Crippen molar-refractivity contribution in [1.29, 1.82) is 0 Å². The lowest BCUT2D eigenvalue weighted by molar-refractivity contribution is -0.103. The second kappa shape index (κ2) is 4.30. The number of rotatable bonds is 1. The predicted octanol–water partition coefficient (Wildman–Crippen LogP) is 2.68. The molecule has 0 aromatic heterocycles. The van der Waals surface area contributed by atoms with Crippen LogP contribution in [-0.2, 0) is 4.74 Å². The maximum absolute atomic E-state index is 5.48.